The lowest BCUT2D eigenvalue weighted by atomic mass is 10.1. The highest BCUT2D eigenvalue weighted by Crippen LogP contribution is 2.31. The maximum Gasteiger partial charge on any atom is 0.274 e. The molecule has 1 fully saturated rings. The van der Waals surface area contributed by atoms with Crippen molar-refractivity contribution in [2.45, 2.75) is 0 Å². The fraction of sp³-hybridized carbons (Fsp3) is 0.240. The Morgan fingerprint density at radius 2 is 1.74 bits per heavy atom. The Hall–Kier alpha value is -3.78. The summed E-state index contributed by atoms with van der Waals surface area (Å²) in [6.45, 7) is 2.70. The third-order valence-electron chi connectivity index (χ3n) is 5.96. The highest BCUT2D eigenvalue weighted by Gasteiger charge is 2.24. The van der Waals surface area contributed by atoms with Crippen LogP contribution in [0.4, 0.5) is 5.69 Å². The standard InChI is InChI=1S/C25H24ClN5O3/c1-33-22-7-6-17(14-23(22)34-2)20-8-9-31-24(27-20)16-21(28-31)25(32)30-12-10-29(11-13-30)19-5-3-4-18(26)15-19/h3-9,14-16H,10-13H2,1-2H3. The van der Waals surface area contributed by atoms with Gasteiger partial charge >= 0.3 is 0 Å². The normalized spacial score (nSPS) is 13.9. The number of benzene rings is 2. The Kier molecular flexibility index (Phi) is 5.98. The van der Waals surface area contributed by atoms with E-state index in [0.29, 0.717) is 41.0 Å². The minimum atomic E-state index is -0.0936. The van der Waals surface area contributed by atoms with Gasteiger partial charge in [-0.15, -0.1) is 0 Å². The molecular formula is C25H24ClN5O3. The molecule has 0 spiro atoms. The van der Waals surface area contributed by atoms with Crippen LogP contribution in [0.1, 0.15) is 10.5 Å². The minimum absolute atomic E-state index is 0.0936. The lowest BCUT2D eigenvalue weighted by molar-refractivity contribution is 0.0740. The van der Waals surface area contributed by atoms with E-state index >= 15 is 0 Å². The summed E-state index contributed by atoms with van der Waals surface area (Å²) in [5, 5.41) is 5.17. The molecule has 0 bridgehead atoms. The van der Waals surface area contributed by atoms with Crippen LogP contribution in [0.5, 0.6) is 11.5 Å². The van der Waals surface area contributed by atoms with Gasteiger partial charge in [-0.1, -0.05) is 17.7 Å². The topological polar surface area (TPSA) is 72.2 Å². The SMILES string of the molecule is COc1ccc(-c2ccn3nc(C(=O)N4CCN(c5cccc(Cl)c5)CC4)cc3n2)cc1OC. The second-order valence-electron chi connectivity index (χ2n) is 7.97. The van der Waals surface area contributed by atoms with Gasteiger partial charge < -0.3 is 19.3 Å². The number of fused-ring (bicyclic) bond motifs is 1. The number of halogens is 1. The number of hydrogen-bond acceptors (Lipinski definition) is 6. The van der Waals surface area contributed by atoms with Gasteiger partial charge in [0.25, 0.3) is 5.91 Å². The van der Waals surface area contributed by atoms with E-state index in [2.05, 4.69) is 10.00 Å². The lowest BCUT2D eigenvalue weighted by Crippen LogP contribution is -2.48. The molecule has 2 aromatic heterocycles. The van der Waals surface area contributed by atoms with E-state index in [1.165, 1.54) is 0 Å². The molecule has 5 rings (SSSR count). The summed E-state index contributed by atoms with van der Waals surface area (Å²) in [5.41, 5.74) is 3.69. The van der Waals surface area contributed by atoms with Gasteiger partial charge in [-0.2, -0.15) is 5.10 Å². The van der Waals surface area contributed by atoms with E-state index in [1.807, 2.05) is 59.6 Å². The summed E-state index contributed by atoms with van der Waals surface area (Å²) in [6.07, 6.45) is 1.81. The average Bonchev–Trinajstić information content (AvgIpc) is 3.31. The Balaban J connectivity index is 1.32. The van der Waals surface area contributed by atoms with Gasteiger partial charge in [-0.05, 0) is 42.5 Å². The molecule has 0 unspecified atom stereocenters. The van der Waals surface area contributed by atoms with E-state index in [0.717, 1.165) is 30.0 Å². The van der Waals surface area contributed by atoms with Gasteiger partial charge in [0.15, 0.2) is 22.8 Å². The molecule has 0 aliphatic carbocycles. The predicted octanol–water partition coefficient (Wildman–Crippen LogP) is 4.03. The second-order valence-corrected chi connectivity index (χ2v) is 8.41. The fourth-order valence-electron chi connectivity index (χ4n) is 4.14. The van der Waals surface area contributed by atoms with Crippen molar-refractivity contribution in [3.05, 3.63) is 71.5 Å². The number of ether oxygens (including phenoxy) is 2. The maximum absolute atomic E-state index is 13.1. The molecule has 1 aliphatic rings. The number of carbonyl (C=O) groups excluding carboxylic acids is 1. The van der Waals surface area contributed by atoms with Crippen molar-refractivity contribution in [2.75, 3.05) is 45.3 Å². The smallest absolute Gasteiger partial charge is 0.274 e. The van der Waals surface area contributed by atoms with Crippen molar-refractivity contribution in [3.8, 4) is 22.8 Å². The zero-order valence-corrected chi connectivity index (χ0v) is 19.7. The summed E-state index contributed by atoms with van der Waals surface area (Å²) >= 11 is 6.12. The van der Waals surface area contributed by atoms with Crippen molar-refractivity contribution >= 4 is 28.8 Å². The van der Waals surface area contributed by atoms with Crippen LogP contribution >= 0.6 is 11.6 Å². The molecular weight excluding hydrogens is 454 g/mol. The molecule has 174 valence electrons. The molecule has 34 heavy (non-hydrogen) atoms. The van der Waals surface area contributed by atoms with E-state index in [1.54, 1.807) is 24.8 Å². The summed E-state index contributed by atoms with van der Waals surface area (Å²) in [6, 6.07) is 17.0. The number of piperazine rings is 1. The monoisotopic (exact) mass is 477 g/mol. The first kappa shape index (κ1) is 22.0. The van der Waals surface area contributed by atoms with Crippen molar-refractivity contribution in [2.24, 2.45) is 0 Å². The number of amides is 1. The Labute approximate surface area is 202 Å². The summed E-state index contributed by atoms with van der Waals surface area (Å²) < 4.78 is 12.3. The Morgan fingerprint density at radius 1 is 0.941 bits per heavy atom. The van der Waals surface area contributed by atoms with Crippen LogP contribution < -0.4 is 14.4 Å². The first-order chi connectivity index (χ1) is 16.6. The first-order valence-corrected chi connectivity index (χ1v) is 11.3. The highest BCUT2D eigenvalue weighted by atomic mass is 35.5. The summed E-state index contributed by atoms with van der Waals surface area (Å²) in [4.78, 5) is 21.9. The summed E-state index contributed by atoms with van der Waals surface area (Å²) in [5.74, 6) is 1.19. The number of methoxy groups -OCH3 is 2. The fourth-order valence-corrected chi connectivity index (χ4v) is 4.33. The number of anilines is 1. The summed E-state index contributed by atoms with van der Waals surface area (Å²) in [7, 11) is 3.20. The van der Waals surface area contributed by atoms with Crippen LogP contribution in [-0.4, -0.2) is 65.8 Å². The molecule has 1 saturated heterocycles. The molecule has 3 heterocycles. The zero-order chi connectivity index (χ0) is 23.7. The van der Waals surface area contributed by atoms with E-state index in [-0.39, 0.29) is 5.91 Å². The highest BCUT2D eigenvalue weighted by molar-refractivity contribution is 6.30. The van der Waals surface area contributed by atoms with Crippen molar-refractivity contribution < 1.29 is 14.3 Å². The molecule has 1 amide bonds. The van der Waals surface area contributed by atoms with Crippen molar-refractivity contribution in [3.63, 3.8) is 0 Å². The quantitative estimate of drug-likeness (QED) is 0.432. The van der Waals surface area contributed by atoms with Crippen molar-refractivity contribution in [1.82, 2.24) is 19.5 Å². The second kappa shape index (κ2) is 9.23. The van der Waals surface area contributed by atoms with Crippen LogP contribution in [-0.2, 0) is 0 Å². The molecule has 0 atom stereocenters. The zero-order valence-electron chi connectivity index (χ0n) is 18.9. The van der Waals surface area contributed by atoms with Gasteiger partial charge in [-0.25, -0.2) is 9.50 Å². The predicted molar refractivity (Wildman–Crippen MR) is 131 cm³/mol. The van der Waals surface area contributed by atoms with Crippen LogP contribution in [0.2, 0.25) is 5.02 Å². The largest absolute Gasteiger partial charge is 0.493 e. The molecule has 0 radical (unpaired) electrons. The maximum atomic E-state index is 13.1. The minimum Gasteiger partial charge on any atom is -0.493 e. The van der Waals surface area contributed by atoms with Gasteiger partial charge in [-0.3, -0.25) is 4.79 Å². The molecule has 4 aromatic rings. The van der Waals surface area contributed by atoms with Crippen LogP contribution in [0.3, 0.4) is 0 Å². The molecule has 8 nitrogen and oxygen atoms in total. The van der Waals surface area contributed by atoms with Gasteiger partial charge in [0, 0.05) is 54.7 Å². The van der Waals surface area contributed by atoms with Gasteiger partial charge in [0.2, 0.25) is 0 Å². The van der Waals surface area contributed by atoms with E-state index in [4.69, 9.17) is 26.1 Å². The van der Waals surface area contributed by atoms with Crippen LogP contribution in [0.25, 0.3) is 16.9 Å². The Morgan fingerprint density at radius 3 is 2.47 bits per heavy atom. The number of rotatable bonds is 5. The molecule has 0 saturated carbocycles. The van der Waals surface area contributed by atoms with E-state index < -0.39 is 0 Å². The molecule has 1 aliphatic heterocycles. The average molecular weight is 478 g/mol. The van der Waals surface area contributed by atoms with Gasteiger partial charge in [0.05, 0.1) is 19.9 Å². The molecule has 2 aromatic carbocycles. The van der Waals surface area contributed by atoms with Crippen LogP contribution in [0, 0.1) is 0 Å². The molecule has 9 heteroatoms. The third kappa shape index (κ3) is 4.24. The Bertz CT molecular complexity index is 1350. The first-order valence-electron chi connectivity index (χ1n) is 10.9. The number of hydrogen-bond donors (Lipinski definition) is 0. The van der Waals surface area contributed by atoms with E-state index in [9.17, 15) is 4.79 Å². The number of carbonyl (C=O) groups is 1. The molecule has 0 N–H and O–H groups in total. The number of aromatic nitrogens is 3. The van der Waals surface area contributed by atoms with Crippen LogP contribution in [0.15, 0.2) is 60.8 Å². The van der Waals surface area contributed by atoms with Gasteiger partial charge in [0.1, 0.15) is 0 Å². The third-order valence-corrected chi connectivity index (χ3v) is 6.20. The lowest BCUT2D eigenvalue weighted by Gasteiger charge is -2.35. The number of nitrogens with zero attached hydrogens (tertiary/aromatic N) is 5. The van der Waals surface area contributed by atoms with Crippen molar-refractivity contribution in [1.29, 1.82) is 0 Å².